The largest absolute Gasteiger partial charge is 0.349 e. The fraction of sp³-hybridized carbons (Fsp3) is 0.154. The first-order valence-electron chi connectivity index (χ1n) is 10.5. The predicted octanol–water partition coefficient (Wildman–Crippen LogP) is 4.14. The molecule has 6 nitrogen and oxygen atoms in total. The van der Waals surface area contributed by atoms with Gasteiger partial charge in [0, 0.05) is 15.6 Å². The monoisotopic (exact) mass is 501 g/mol. The minimum atomic E-state index is -2.06. The third-order valence-electron chi connectivity index (χ3n) is 6.74. The lowest BCUT2D eigenvalue weighted by molar-refractivity contribution is -0.127. The summed E-state index contributed by atoms with van der Waals surface area (Å²) in [7, 11) is 0. The Morgan fingerprint density at radius 2 is 1.30 bits per heavy atom. The molecule has 0 radical (unpaired) electrons. The van der Waals surface area contributed by atoms with E-state index in [9.17, 15) is 19.2 Å². The molecular weight excluding hydrogens is 486 g/mol. The number of hydrogen-bond acceptors (Lipinski definition) is 5. The lowest BCUT2D eigenvalue weighted by Crippen LogP contribution is -2.51. The van der Waals surface area contributed by atoms with E-state index in [1.54, 1.807) is 72.8 Å². The highest BCUT2D eigenvalue weighted by Crippen LogP contribution is 2.58. The van der Waals surface area contributed by atoms with E-state index in [1.165, 1.54) is 0 Å². The third-order valence-corrected chi connectivity index (χ3v) is 7.41. The van der Waals surface area contributed by atoms with Gasteiger partial charge < -0.3 is 4.74 Å². The highest BCUT2D eigenvalue weighted by Gasteiger charge is 2.74. The second-order valence-electron chi connectivity index (χ2n) is 8.36. The molecule has 0 saturated carbocycles. The lowest BCUT2D eigenvalue weighted by Gasteiger charge is -2.27. The molecule has 2 amide bonds. The van der Waals surface area contributed by atoms with Gasteiger partial charge in [-0.2, -0.15) is 0 Å². The molecule has 2 heterocycles. The van der Waals surface area contributed by atoms with Crippen molar-refractivity contribution in [3.8, 4) is 0 Å². The number of halogens is 1. The van der Waals surface area contributed by atoms with Crippen LogP contribution in [0.1, 0.15) is 32.4 Å². The molecule has 1 spiro atoms. The molecule has 33 heavy (non-hydrogen) atoms. The number of nitrogens with zero attached hydrogens (tertiary/aromatic N) is 1. The first-order valence-corrected chi connectivity index (χ1v) is 11.3. The van der Waals surface area contributed by atoms with E-state index in [0.29, 0.717) is 15.7 Å². The fourth-order valence-electron chi connectivity index (χ4n) is 5.33. The Morgan fingerprint density at radius 3 is 1.94 bits per heavy atom. The van der Waals surface area contributed by atoms with Crippen molar-refractivity contribution in [2.45, 2.75) is 11.7 Å². The van der Waals surface area contributed by atoms with Crippen molar-refractivity contribution in [3.63, 3.8) is 0 Å². The van der Waals surface area contributed by atoms with Gasteiger partial charge in [0.15, 0.2) is 0 Å². The number of fused-ring (bicyclic) bond motifs is 3. The zero-order valence-electron chi connectivity index (χ0n) is 17.1. The van der Waals surface area contributed by atoms with Crippen LogP contribution in [0.4, 0.5) is 5.69 Å². The number of ketones is 2. The van der Waals surface area contributed by atoms with Crippen LogP contribution in [0.25, 0.3) is 0 Å². The Hall–Kier alpha value is -3.42. The average molecular weight is 502 g/mol. The summed E-state index contributed by atoms with van der Waals surface area (Å²) in [4.78, 5) is 56.0. The van der Waals surface area contributed by atoms with Crippen LogP contribution in [0.2, 0.25) is 0 Å². The van der Waals surface area contributed by atoms with Crippen molar-refractivity contribution in [2.24, 2.45) is 11.8 Å². The summed E-state index contributed by atoms with van der Waals surface area (Å²) < 4.78 is 6.81. The standard InChI is InChI=1S/C26H16BrNO5/c27-17-12-6-7-13-18(17)28-24(31)19-20(25(28)32)26(33-21(19)14-8-2-1-3-9-14)22(29)15-10-4-5-11-16(15)23(26)30/h1-13,19-21H/t19-,20+,21-/m1/s1. The second kappa shape index (κ2) is 7.04. The van der Waals surface area contributed by atoms with Crippen LogP contribution in [0, 0.1) is 11.8 Å². The van der Waals surface area contributed by atoms with E-state index in [2.05, 4.69) is 15.9 Å². The van der Waals surface area contributed by atoms with Gasteiger partial charge in [-0.05, 0) is 33.6 Å². The van der Waals surface area contributed by atoms with E-state index < -0.39 is 46.9 Å². The molecule has 162 valence electrons. The number of imide groups is 1. The molecule has 2 aliphatic heterocycles. The van der Waals surface area contributed by atoms with Gasteiger partial charge >= 0.3 is 0 Å². The molecule has 2 saturated heterocycles. The SMILES string of the molecule is O=C1[C@H]2[C@@H](c3ccccc3)OC3(C(=O)c4ccccc4C3=O)[C@@H]2C(=O)N1c1ccccc1Br. The minimum Gasteiger partial charge on any atom is -0.349 e. The highest BCUT2D eigenvalue weighted by molar-refractivity contribution is 9.10. The topological polar surface area (TPSA) is 80.8 Å². The summed E-state index contributed by atoms with van der Waals surface area (Å²) in [6.45, 7) is 0. The molecule has 3 atom stereocenters. The van der Waals surface area contributed by atoms with Crippen LogP contribution in [-0.4, -0.2) is 29.0 Å². The van der Waals surface area contributed by atoms with E-state index in [4.69, 9.17) is 4.74 Å². The van der Waals surface area contributed by atoms with Crippen LogP contribution < -0.4 is 4.90 Å². The van der Waals surface area contributed by atoms with Gasteiger partial charge in [0.1, 0.15) is 0 Å². The summed E-state index contributed by atoms with van der Waals surface area (Å²) in [5, 5.41) is 0. The Morgan fingerprint density at radius 1 is 0.727 bits per heavy atom. The van der Waals surface area contributed by atoms with Crippen LogP contribution in [0.15, 0.2) is 83.3 Å². The summed E-state index contributed by atoms with van der Waals surface area (Å²) in [6.07, 6.45) is -0.914. The van der Waals surface area contributed by atoms with Crippen LogP contribution >= 0.6 is 15.9 Å². The molecule has 7 heteroatoms. The molecule has 2 fully saturated rings. The van der Waals surface area contributed by atoms with Gasteiger partial charge in [0.25, 0.3) is 0 Å². The maximum Gasteiger partial charge on any atom is 0.241 e. The van der Waals surface area contributed by atoms with Gasteiger partial charge in [-0.15, -0.1) is 0 Å². The van der Waals surface area contributed by atoms with E-state index >= 15 is 0 Å². The van der Waals surface area contributed by atoms with E-state index in [-0.39, 0.29) is 11.1 Å². The molecule has 3 aromatic carbocycles. The number of benzene rings is 3. The summed E-state index contributed by atoms with van der Waals surface area (Å²) in [6, 6.07) is 22.3. The molecule has 1 aliphatic carbocycles. The number of para-hydroxylation sites is 1. The van der Waals surface area contributed by atoms with Crippen LogP contribution in [0.3, 0.4) is 0 Å². The van der Waals surface area contributed by atoms with Gasteiger partial charge in [0.2, 0.25) is 29.0 Å². The number of amides is 2. The molecule has 3 aromatic rings. The fourth-order valence-corrected chi connectivity index (χ4v) is 5.79. The normalized spacial score (nSPS) is 25.1. The molecule has 0 N–H and O–H groups in total. The van der Waals surface area contributed by atoms with Crippen LogP contribution in [0.5, 0.6) is 0 Å². The molecular formula is C26H16BrNO5. The molecule has 0 unspecified atom stereocenters. The Balaban J connectivity index is 1.57. The number of Topliss-reactive ketones (excluding diaryl/α,β-unsaturated/α-hetero) is 2. The van der Waals surface area contributed by atoms with Gasteiger partial charge in [-0.3, -0.25) is 19.2 Å². The molecule has 0 aromatic heterocycles. The molecule has 3 aliphatic rings. The van der Waals surface area contributed by atoms with Crippen molar-refractivity contribution in [2.75, 3.05) is 4.90 Å². The quantitative estimate of drug-likeness (QED) is 0.389. The van der Waals surface area contributed by atoms with E-state index in [1.807, 2.05) is 6.07 Å². The van der Waals surface area contributed by atoms with Crippen molar-refractivity contribution >= 4 is 45.0 Å². The molecule has 6 rings (SSSR count). The number of ether oxygens (including phenoxy) is 1. The maximum absolute atomic E-state index is 13.8. The zero-order valence-corrected chi connectivity index (χ0v) is 18.7. The number of carbonyl (C=O) groups excluding carboxylic acids is 4. The van der Waals surface area contributed by atoms with Crippen molar-refractivity contribution in [1.82, 2.24) is 0 Å². The van der Waals surface area contributed by atoms with Crippen molar-refractivity contribution in [3.05, 3.63) is 100 Å². The number of rotatable bonds is 2. The minimum absolute atomic E-state index is 0.217. The predicted molar refractivity (Wildman–Crippen MR) is 122 cm³/mol. The van der Waals surface area contributed by atoms with Gasteiger partial charge in [-0.25, -0.2) is 4.90 Å². The Labute approximate surface area is 197 Å². The van der Waals surface area contributed by atoms with Gasteiger partial charge in [-0.1, -0.05) is 66.7 Å². The number of anilines is 1. The third kappa shape index (κ3) is 2.52. The lowest BCUT2D eigenvalue weighted by atomic mass is 9.77. The van der Waals surface area contributed by atoms with Crippen molar-refractivity contribution in [1.29, 1.82) is 0 Å². The first-order chi connectivity index (χ1) is 16.0. The average Bonchev–Trinajstić information content (AvgIpc) is 3.40. The second-order valence-corrected chi connectivity index (χ2v) is 9.21. The number of carbonyl (C=O) groups is 4. The summed E-state index contributed by atoms with van der Waals surface area (Å²) in [5.74, 6) is -4.48. The number of hydrogen-bond donors (Lipinski definition) is 0. The van der Waals surface area contributed by atoms with Gasteiger partial charge in [0.05, 0.1) is 23.6 Å². The summed E-state index contributed by atoms with van der Waals surface area (Å²) >= 11 is 3.41. The highest BCUT2D eigenvalue weighted by atomic mass is 79.9. The van der Waals surface area contributed by atoms with Crippen LogP contribution in [-0.2, 0) is 14.3 Å². The van der Waals surface area contributed by atoms with Crippen molar-refractivity contribution < 1.29 is 23.9 Å². The zero-order chi connectivity index (χ0) is 22.9. The first kappa shape index (κ1) is 20.2. The smallest absolute Gasteiger partial charge is 0.241 e. The summed E-state index contributed by atoms with van der Waals surface area (Å²) in [5.41, 5.74) is -0.614. The Bertz CT molecular complexity index is 1330. The molecule has 0 bridgehead atoms. The Kier molecular flexibility index (Phi) is 4.31. The van der Waals surface area contributed by atoms with E-state index in [0.717, 1.165) is 4.90 Å². The maximum atomic E-state index is 13.8.